The number of nitrogens with one attached hydrogen (secondary N) is 1. The summed E-state index contributed by atoms with van der Waals surface area (Å²) in [7, 11) is 1.64. The molecule has 0 fully saturated rings. The largest absolute Gasteiger partial charge is 0.496 e. The highest BCUT2D eigenvalue weighted by Crippen LogP contribution is 2.31. The lowest BCUT2D eigenvalue weighted by Gasteiger charge is -2.12. The van der Waals surface area contributed by atoms with Gasteiger partial charge >= 0.3 is 0 Å². The standard InChI is InChI=1S/C15H16N4O/c1-10(2)11-4-5-12(14(8-11)20-3)13-6-7-15(17-9-16)19-18-13/h4-8,10H,1-3H3,(H,17,19). The molecule has 2 aromatic rings. The number of hydrogen-bond acceptors (Lipinski definition) is 5. The number of aromatic nitrogens is 2. The Morgan fingerprint density at radius 2 is 2.00 bits per heavy atom. The van der Waals surface area contributed by atoms with Gasteiger partial charge < -0.3 is 4.74 Å². The Morgan fingerprint density at radius 1 is 1.20 bits per heavy atom. The van der Waals surface area contributed by atoms with Crippen LogP contribution >= 0.6 is 0 Å². The lowest BCUT2D eigenvalue weighted by molar-refractivity contribution is 0.415. The first-order valence-corrected chi connectivity index (χ1v) is 6.33. The summed E-state index contributed by atoms with van der Waals surface area (Å²) in [5.74, 6) is 1.63. The second-order valence-corrected chi connectivity index (χ2v) is 4.66. The lowest BCUT2D eigenvalue weighted by Crippen LogP contribution is -1.97. The first kappa shape index (κ1) is 13.8. The fourth-order valence-electron chi connectivity index (χ4n) is 1.88. The van der Waals surface area contributed by atoms with Crippen LogP contribution in [0.4, 0.5) is 5.82 Å². The quantitative estimate of drug-likeness (QED) is 0.681. The molecule has 1 heterocycles. The van der Waals surface area contributed by atoms with E-state index in [1.54, 1.807) is 19.2 Å². The number of ether oxygens (including phenoxy) is 1. The van der Waals surface area contributed by atoms with Crippen LogP contribution in [0.15, 0.2) is 30.3 Å². The van der Waals surface area contributed by atoms with E-state index in [2.05, 4.69) is 35.4 Å². The zero-order valence-corrected chi connectivity index (χ0v) is 11.7. The van der Waals surface area contributed by atoms with Crippen molar-refractivity contribution in [3.05, 3.63) is 35.9 Å². The van der Waals surface area contributed by atoms with Gasteiger partial charge in [-0.15, -0.1) is 10.2 Å². The molecule has 20 heavy (non-hydrogen) atoms. The molecule has 0 radical (unpaired) electrons. The van der Waals surface area contributed by atoms with Crippen LogP contribution in [0.25, 0.3) is 11.3 Å². The molecule has 0 atom stereocenters. The van der Waals surface area contributed by atoms with Gasteiger partial charge in [0.05, 0.1) is 12.8 Å². The molecule has 0 bridgehead atoms. The summed E-state index contributed by atoms with van der Waals surface area (Å²) in [6.45, 7) is 4.27. The van der Waals surface area contributed by atoms with Gasteiger partial charge in [0.15, 0.2) is 12.0 Å². The highest BCUT2D eigenvalue weighted by molar-refractivity contribution is 5.68. The minimum atomic E-state index is 0.425. The fourth-order valence-corrected chi connectivity index (χ4v) is 1.88. The molecule has 0 aliphatic rings. The molecule has 0 spiro atoms. The van der Waals surface area contributed by atoms with Crippen molar-refractivity contribution in [3.63, 3.8) is 0 Å². The van der Waals surface area contributed by atoms with Crippen LogP contribution in [0.1, 0.15) is 25.3 Å². The molecular weight excluding hydrogens is 252 g/mol. The molecule has 0 aliphatic heterocycles. The third-order valence-electron chi connectivity index (χ3n) is 3.02. The molecule has 5 nitrogen and oxygen atoms in total. The molecule has 1 N–H and O–H groups in total. The second-order valence-electron chi connectivity index (χ2n) is 4.66. The van der Waals surface area contributed by atoms with Crippen LogP contribution in [-0.2, 0) is 0 Å². The van der Waals surface area contributed by atoms with E-state index in [0.717, 1.165) is 11.3 Å². The monoisotopic (exact) mass is 268 g/mol. The van der Waals surface area contributed by atoms with Crippen LogP contribution in [0.2, 0.25) is 0 Å². The summed E-state index contributed by atoms with van der Waals surface area (Å²) in [5, 5.41) is 19.0. The molecule has 1 aromatic heterocycles. The maximum absolute atomic E-state index is 8.52. The van der Waals surface area contributed by atoms with Crippen molar-refractivity contribution in [2.45, 2.75) is 19.8 Å². The van der Waals surface area contributed by atoms with E-state index in [0.29, 0.717) is 17.4 Å². The SMILES string of the molecule is COc1cc(C(C)C)ccc1-c1ccc(NC#N)nn1. The van der Waals surface area contributed by atoms with E-state index in [1.165, 1.54) is 5.56 Å². The number of nitrogens with zero attached hydrogens (tertiary/aromatic N) is 3. The van der Waals surface area contributed by atoms with Crippen molar-refractivity contribution in [2.24, 2.45) is 0 Å². The molecule has 0 unspecified atom stereocenters. The number of methoxy groups -OCH3 is 1. The molecular formula is C15H16N4O. The van der Waals surface area contributed by atoms with E-state index >= 15 is 0 Å². The molecule has 0 aliphatic carbocycles. The van der Waals surface area contributed by atoms with Gasteiger partial charge in [0.1, 0.15) is 5.75 Å². The first-order chi connectivity index (χ1) is 9.65. The summed E-state index contributed by atoms with van der Waals surface area (Å²) in [5.41, 5.74) is 2.80. The zero-order chi connectivity index (χ0) is 14.5. The van der Waals surface area contributed by atoms with E-state index in [9.17, 15) is 0 Å². The smallest absolute Gasteiger partial charge is 0.182 e. The third-order valence-corrected chi connectivity index (χ3v) is 3.02. The van der Waals surface area contributed by atoms with E-state index in [-0.39, 0.29) is 0 Å². The van der Waals surface area contributed by atoms with Gasteiger partial charge in [-0.25, -0.2) is 0 Å². The fraction of sp³-hybridized carbons (Fsp3) is 0.267. The van der Waals surface area contributed by atoms with E-state index < -0.39 is 0 Å². The Bertz CT molecular complexity index is 629. The summed E-state index contributed by atoms with van der Waals surface area (Å²) in [6, 6.07) is 9.57. The number of nitriles is 1. The Balaban J connectivity index is 2.39. The Morgan fingerprint density at radius 3 is 2.55 bits per heavy atom. The van der Waals surface area contributed by atoms with Gasteiger partial charge in [-0.1, -0.05) is 19.9 Å². The topological polar surface area (TPSA) is 70.8 Å². The Labute approximate surface area is 118 Å². The summed E-state index contributed by atoms with van der Waals surface area (Å²) in [4.78, 5) is 0. The molecule has 5 heteroatoms. The molecule has 2 rings (SSSR count). The first-order valence-electron chi connectivity index (χ1n) is 6.33. The summed E-state index contributed by atoms with van der Waals surface area (Å²) < 4.78 is 5.43. The average Bonchev–Trinajstić information content (AvgIpc) is 2.47. The van der Waals surface area contributed by atoms with Gasteiger partial charge in [-0.2, -0.15) is 5.26 Å². The van der Waals surface area contributed by atoms with Gasteiger partial charge in [-0.05, 0) is 35.7 Å². The van der Waals surface area contributed by atoms with Crippen LogP contribution in [0.3, 0.4) is 0 Å². The summed E-state index contributed by atoms with van der Waals surface area (Å²) in [6.07, 6.45) is 1.81. The molecule has 0 saturated heterocycles. The minimum absolute atomic E-state index is 0.425. The van der Waals surface area contributed by atoms with Crippen molar-refractivity contribution in [1.29, 1.82) is 5.26 Å². The van der Waals surface area contributed by atoms with E-state index in [4.69, 9.17) is 10.00 Å². The average molecular weight is 268 g/mol. The lowest BCUT2D eigenvalue weighted by atomic mass is 10.00. The van der Waals surface area contributed by atoms with Crippen molar-refractivity contribution in [3.8, 4) is 23.2 Å². The minimum Gasteiger partial charge on any atom is -0.496 e. The van der Waals surface area contributed by atoms with Gasteiger partial charge in [-0.3, -0.25) is 5.32 Å². The Kier molecular flexibility index (Phi) is 4.16. The number of rotatable bonds is 4. The van der Waals surface area contributed by atoms with Crippen molar-refractivity contribution >= 4 is 5.82 Å². The molecule has 102 valence electrons. The van der Waals surface area contributed by atoms with Crippen LogP contribution < -0.4 is 10.1 Å². The van der Waals surface area contributed by atoms with Crippen LogP contribution in [0.5, 0.6) is 5.75 Å². The van der Waals surface area contributed by atoms with Gasteiger partial charge in [0, 0.05) is 5.56 Å². The molecule has 0 saturated carbocycles. The number of anilines is 1. The van der Waals surface area contributed by atoms with Crippen molar-refractivity contribution < 1.29 is 4.74 Å². The van der Waals surface area contributed by atoms with Crippen molar-refractivity contribution in [2.75, 3.05) is 12.4 Å². The van der Waals surface area contributed by atoms with Gasteiger partial charge in [0.2, 0.25) is 0 Å². The maximum Gasteiger partial charge on any atom is 0.182 e. The van der Waals surface area contributed by atoms with Crippen LogP contribution in [-0.4, -0.2) is 17.3 Å². The molecule has 1 aromatic carbocycles. The number of benzene rings is 1. The number of hydrogen-bond donors (Lipinski definition) is 1. The predicted molar refractivity (Wildman–Crippen MR) is 77.3 cm³/mol. The third kappa shape index (κ3) is 2.86. The molecule has 0 amide bonds. The predicted octanol–water partition coefficient (Wildman–Crippen LogP) is 3.17. The maximum atomic E-state index is 8.52. The summed E-state index contributed by atoms with van der Waals surface area (Å²) >= 11 is 0. The normalized spacial score (nSPS) is 10.2. The highest BCUT2D eigenvalue weighted by atomic mass is 16.5. The van der Waals surface area contributed by atoms with E-state index in [1.807, 2.05) is 18.3 Å². The van der Waals surface area contributed by atoms with Gasteiger partial charge in [0.25, 0.3) is 0 Å². The second kappa shape index (κ2) is 6.02. The van der Waals surface area contributed by atoms with Crippen molar-refractivity contribution in [1.82, 2.24) is 10.2 Å². The Hall–Kier alpha value is -2.61. The highest BCUT2D eigenvalue weighted by Gasteiger charge is 2.10. The zero-order valence-electron chi connectivity index (χ0n) is 11.7. The van der Waals surface area contributed by atoms with Crippen LogP contribution in [0, 0.1) is 11.5 Å².